The van der Waals surface area contributed by atoms with Gasteiger partial charge >= 0.3 is 5.69 Å². The molecule has 1 aliphatic rings. The van der Waals surface area contributed by atoms with Crippen molar-refractivity contribution in [2.75, 3.05) is 0 Å². The summed E-state index contributed by atoms with van der Waals surface area (Å²) in [4.78, 5) is 35.4. The van der Waals surface area contributed by atoms with Crippen molar-refractivity contribution in [3.63, 3.8) is 0 Å². The van der Waals surface area contributed by atoms with E-state index in [1.807, 2.05) is 0 Å². The first-order valence-corrected chi connectivity index (χ1v) is 6.40. The van der Waals surface area contributed by atoms with E-state index in [-0.39, 0.29) is 6.54 Å². The molecule has 2 aromatic rings. The molecular formula is C15H10N2O5. The molecule has 0 radical (unpaired) electrons. The van der Waals surface area contributed by atoms with Crippen LogP contribution in [0.1, 0.15) is 26.3 Å². The van der Waals surface area contributed by atoms with Crippen molar-refractivity contribution in [2.45, 2.75) is 6.54 Å². The van der Waals surface area contributed by atoms with E-state index in [0.29, 0.717) is 16.7 Å². The molecule has 2 aromatic carbocycles. The number of hydrogen-bond acceptors (Lipinski definition) is 5. The number of aromatic hydroxyl groups is 1. The molecule has 2 amide bonds. The lowest BCUT2D eigenvalue weighted by molar-refractivity contribution is -0.385. The molecule has 0 aliphatic carbocycles. The molecule has 0 aromatic heterocycles. The Kier molecular flexibility index (Phi) is 3.10. The van der Waals surface area contributed by atoms with Crippen LogP contribution < -0.4 is 0 Å². The Bertz CT molecular complexity index is 780. The highest BCUT2D eigenvalue weighted by Crippen LogP contribution is 2.29. The summed E-state index contributed by atoms with van der Waals surface area (Å²) in [5, 5.41) is 20.3. The van der Waals surface area contributed by atoms with E-state index in [1.54, 1.807) is 24.3 Å². The van der Waals surface area contributed by atoms with E-state index in [1.165, 1.54) is 12.1 Å². The molecule has 1 aliphatic heterocycles. The number of phenolic OH excluding ortho intramolecular Hbond substituents is 1. The quantitative estimate of drug-likeness (QED) is 0.531. The van der Waals surface area contributed by atoms with E-state index in [0.717, 1.165) is 11.0 Å². The maximum atomic E-state index is 12.2. The van der Waals surface area contributed by atoms with Crippen LogP contribution in [0.25, 0.3) is 0 Å². The first-order chi connectivity index (χ1) is 10.5. The number of fused-ring (bicyclic) bond motifs is 1. The number of phenols is 1. The molecule has 110 valence electrons. The van der Waals surface area contributed by atoms with Gasteiger partial charge < -0.3 is 5.11 Å². The summed E-state index contributed by atoms with van der Waals surface area (Å²) >= 11 is 0. The highest BCUT2D eigenvalue weighted by molar-refractivity contribution is 6.21. The molecule has 3 rings (SSSR count). The van der Waals surface area contributed by atoms with Gasteiger partial charge in [0.05, 0.1) is 22.6 Å². The monoisotopic (exact) mass is 298 g/mol. The second-order valence-corrected chi connectivity index (χ2v) is 4.82. The highest BCUT2D eigenvalue weighted by atomic mass is 16.6. The number of benzene rings is 2. The lowest BCUT2D eigenvalue weighted by atomic mass is 10.1. The number of amides is 2. The topological polar surface area (TPSA) is 101 Å². The largest absolute Gasteiger partial charge is 0.502 e. The van der Waals surface area contributed by atoms with Gasteiger partial charge in [0.2, 0.25) is 0 Å². The Labute approximate surface area is 124 Å². The number of nitro groups is 1. The lowest BCUT2D eigenvalue weighted by Gasteiger charge is -2.13. The highest BCUT2D eigenvalue weighted by Gasteiger charge is 2.35. The maximum absolute atomic E-state index is 12.2. The molecular weight excluding hydrogens is 288 g/mol. The molecule has 0 fully saturated rings. The summed E-state index contributed by atoms with van der Waals surface area (Å²) in [6.07, 6.45) is 0. The third kappa shape index (κ3) is 2.08. The number of carbonyl (C=O) groups is 2. The average Bonchev–Trinajstić information content (AvgIpc) is 2.73. The average molecular weight is 298 g/mol. The molecule has 0 unspecified atom stereocenters. The third-order valence-corrected chi connectivity index (χ3v) is 3.46. The van der Waals surface area contributed by atoms with Crippen molar-refractivity contribution in [1.82, 2.24) is 4.90 Å². The van der Waals surface area contributed by atoms with Crippen LogP contribution in [-0.4, -0.2) is 26.7 Å². The Balaban J connectivity index is 1.89. The maximum Gasteiger partial charge on any atom is 0.310 e. The summed E-state index contributed by atoms with van der Waals surface area (Å²) in [5.41, 5.74) is 0.668. The van der Waals surface area contributed by atoms with Crippen molar-refractivity contribution < 1.29 is 19.6 Å². The summed E-state index contributed by atoms with van der Waals surface area (Å²) in [7, 11) is 0. The van der Waals surface area contributed by atoms with Crippen LogP contribution in [0.5, 0.6) is 5.75 Å². The van der Waals surface area contributed by atoms with Gasteiger partial charge in [-0.25, -0.2) is 0 Å². The van der Waals surface area contributed by atoms with Crippen molar-refractivity contribution in [3.8, 4) is 5.75 Å². The standard InChI is InChI=1S/C15H10N2O5/c18-13-7-9(5-6-12(13)17(21)22)8-16-14(19)10-3-1-2-4-11(10)15(16)20/h1-7,18H,8H2. The van der Waals surface area contributed by atoms with Crippen LogP contribution in [0.3, 0.4) is 0 Å². The van der Waals surface area contributed by atoms with Crippen molar-refractivity contribution in [3.05, 3.63) is 69.3 Å². The number of nitro benzene ring substituents is 1. The van der Waals surface area contributed by atoms with Crippen molar-refractivity contribution in [1.29, 1.82) is 0 Å². The van der Waals surface area contributed by atoms with E-state index in [9.17, 15) is 24.8 Å². The van der Waals surface area contributed by atoms with Gasteiger partial charge in [-0.1, -0.05) is 18.2 Å². The van der Waals surface area contributed by atoms with Gasteiger partial charge in [-0.2, -0.15) is 0 Å². The van der Waals surface area contributed by atoms with Gasteiger partial charge in [-0.05, 0) is 23.8 Å². The molecule has 0 bridgehead atoms. The first-order valence-electron chi connectivity index (χ1n) is 6.40. The smallest absolute Gasteiger partial charge is 0.310 e. The van der Waals surface area contributed by atoms with Gasteiger partial charge in [-0.15, -0.1) is 0 Å². The predicted molar refractivity (Wildman–Crippen MR) is 75.4 cm³/mol. The minimum absolute atomic E-state index is 0.0576. The second-order valence-electron chi connectivity index (χ2n) is 4.82. The molecule has 7 nitrogen and oxygen atoms in total. The second kappa shape index (κ2) is 4.96. The zero-order valence-corrected chi connectivity index (χ0v) is 11.2. The minimum atomic E-state index is -0.707. The SMILES string of the molecule is O=C1c2ccccc2C(=O)N1Cc1ccc([N+](=O)[O-])c(O)c1. The predicted octanol–water partition coefficient (Wildman–Crippen LogP) is 2.10. The first kappa shape index (κ1) is 13.7. The van der Waals surface area contributed by atoms with Crippen LogP contribution in [0, 0.1) is 10.1 Å². The van der Waals surface area contributed by atoms with Gasteiger partial charge in [0, 0.05) is 6.07 Å². The van der Waals surface area contributed by atoms with Crippen LogP contribution in [0.15, 0.2) is 42.5 Å². The van der Waals surface area contributed by atoms with Crippen molar-refractivity contribution >= 4 is 17.5 Å². The normalized spacial score (nSPS) is 13.4. The number of hydrogen-bond donors (Lipinski definition) is 1. The van der Waals surface area contributed by atoms with E-state index in [4.69, 9.17) is 0 Å². The fraction of sp³-hybridized carbons (Fsp3) is 0.0667. The number of rotatable bonds is 3. The van der Waals surface area contributed by atoms with Crippen LogP contribution in [-0.2, 0) is 6.54 Å². The lowest BCUT2D eigenvalue weighted by Crippen LogP contribution is -2.29. The fourth-order valence-corrected chi connectivity index (χ4v) is 2.39. The Morgan fingerprint density at radius 3 is 2.14 bits per heavy atom. The van der Waals surface area contributed by atoms with Crippen molar-refractivity contribution in [2.24, 2.45) is 0 Å². The van der Waals surface area contributed by atoms with Gasteiger partial charge in [0.25, 0.3) is 11.8 Å². The Hall–Kier alpha value is -3.22. The zero-order valence-electron chi connectivity index (χ0n) is 11.2. The summed E-state index contributed by atoms with van der Waals surface area (Å²) in [6.45, 7) is -0.0576. The number of imide groups is 1. The minimum Gasteiger partial charge on any atom is -0.502 e. The summed E-state index contributed by atoms with van der Waals surface area (Å²) in [5.74, 6) is -1.34. The Morgan fingerprint density at radius 2 is 1.64 bits per heavy atom. The van der Waals surface area contributed by atoms with Gasteiger partial charge in [-0.3, -0.25) is 24.6 Å². The molecule has 0 atom stereocenters. The van der Waals surface area contributed by atoms with Crippen LogP contribution >= 0.6 is 0 Å². The number of carbonyl (C=O) groups excluding carboxylic acids is 2. The van der Waals surface area contributed by atoms with E-state index in [2.05, 4.69) is 0 Å². The summed E-state index contributed by atoms with van der Waals surface area (Å²) < 4.78 is 0. The van der Waals surface area contributed by atoms with Gasteiger partial charge in [0.15, 0.2) is 5.75 Å². The van der Waals surface area contributed by atoms with Crippen LogP contribution in [0.4, 0.5) is 5.69 Å². The van der Waals surface area contributed by atoms with Crippen LogP contribution in [0.2, 0.25) is 0 Å². The zero-order chi connectivity index (χ0) is 15.9. The molecule has 1 heterocycles. The molecule has 1 N–H and O–H groups in total. The van der Waals surface area contributed by atoms with E-state index >= 15 is 0 Å². The molecule has 0 saturated carbocycles. The molecule has 22 heavy (non-hydrogen) atoms. The van der Waals surface area contributed by atoms with Gasteiger partial charge in [0.1, 0.15) is 0 Å². The third-order valence-electron chi connectivity index (χ3n) is 3.46. The van der Waals surface area contributed by atoms with E-state index < -0.39 is 28.2 Å². The molecule has 7 heteroatoms. The fourth-order valence-electron chi connectivity index (χ4n) is 2.39. The number of nitrogens with zero attached hydrogens (tertiary/aromatic N) is 2. The molecule has 0 spiro atoms. The molecule has 0 saturated heterocycles. The summed E-state index contributed by atoms with van der Waals surface area (Å²) in [6, 6.07) is 10.2. The Morgan fingerprint density at radius 1 is 1.05 bits per heavy atom.